The lowest BCUT2D eigenvalue weighted by Gasteiger charge is -2.00. The van der Waals surface area contributed by atoms with E-state index in [2.05, 4.69) is 4.18 Å². The quantitative estimate of drug-likeness (QED) is 0.274. The van der Waals surface area contributed by atoms with Crippen molar-refractivity contribution < 1.29 is 22.1 Å². The van der Waals surface area contributed by atoms with Gasteiger partial charge in [-0.05, 0) is 12.8 Å². The average molecular weight is 255 g/mol. The van der Waals surface area contributed by atoms with Gasteiger partial charge in [0, 0.05) is 11.3 Å². The van der Waals surface area contributed by atoms with E-state index in [0.29, 0.717) is 12.8 Å². The molecule has 0 aliphatic heterocycles. The molecule has 7 nitrogen and oxygen atoms in total. The summed E-state index contributed by atoms with van der Waals surface area (Å²) in [6, 6.07) is 0. The van der Waals surface area contributed by atoms with Gasteiger partial charge in [-0.2, -0.15) is 8.42 Å². The second-order valence-electron chi connectivity index (χ2n) is 3.43. The zero-order valence-electron chi connectivity index (χ0n) is 9.00. The Hall–Kier alpha value is -0.730. The zero-order chi connectivity index (χ0) is 12.4. The van der Waals surface area contributed by atoms with Crippen molar-refractivity contribution in [1.29, 1.82) is 0 Å². The molecule has 0 radical (unpaired) electrons. The number of hydrogen-bond acceptors (Lipinski definition) is 5. The number of unbranched alkanes of at least 4 members (excludes halogenated alkanes) is 5. The molecule has 0 rings (SSSR count). The summed E-state index contributed by atoms with van der Waals surface area (Å²) in [4.78, 5) is 9.64. The fourth-order valence-corrected chi connectivity index (χ4v) is 1.54. The molecule has 0 atom stereocenters. The van der Waals surface area contributed by atoms with Crippen LogP contribution >= 0.6 is 0 Å². The van der Waals surface area contributed by atoms with E-state index in [1.54, 1.807) is 0 Å². The highest BCUT2D eigenvalue weighted by Crippen LogP contribution is 2.06. The van der Waals surface area contributed by atoms with Gasteiger partial charge in [-0.25, -0.2) is 4.18 Å². The molecule has 0 spiro atoms. The molecule has 0 heterocycles. The predicted octanol–water partition coefficient (Wildman–Crippen LogP) is 1.42. The summed E-state index contributed by atoms with van der Waals surface area (Å²) in [5.74, 6) is 0. The molecular formula is C8H17NO6S. The van der Waals surface area contributed by atoms with Crippen molar-refractivity contribution in [3.8, 4) is 0 Å². The van der Waals surface area contributed by atoms with E-state index in [0.717, 1.165) is 25.7 Å². The smallest absolute Gasteiger partial charge is 0.265 e. The van der Waals surface area contributed by atoms with E-state index in [1.807, 2.05) is 0 Å². The first kappa shape index (κ1) is 15.3. The van der Waals surface area contributed by atoms with Crippen molar-refractivity contribution in [2.24, 2.45) is 0 Å². The molecule has 1 N–H and O–H groups in total. The van der Waals surface area contributed by atoms with Gasteiger partial charge in [0.15, 0.2) is 0 Å². The monoisotopic (exact) mass is 255 g/mol. The average Bonchev–Trinajstić information content (AvgIpc) is 2.13. The molecule has 0 unspecified atom stereocenters. The second kappa shape index (κ2) is 8.43. The van der Waals surface area contributed by atoms with Crippen molar-refractivity contribution in [2.45, 2.75) is 38.5 Å². The topological polar surface area (TPSA) is 107 Å². The lowest BCUT2D eigenvalue weighted by molar-refractivity contribution is -0.480. The highest BCUT2D eigenvalue weighted by atomic mass is 32.3. The Morgan fingerprint density at radius 2 is 1.56 bits per heavy atom. The lowest BCUT2D eigenvalue weighted by Crippen LogP contribution is -2.04. The number of hydrogen-bond donors (Lipinski definition) is 1. The second-order valence-corrected chi connectivity index (χ2v) is 4.52. The van der Waals surface area contributed by atoms with Gasteiger partial charge in [-0.3, -0.25) is 14.7 Å². The fourth-order valence-electron chi connectivity index (χ4n) is 1.21. The van der Waals surface area contributed by atoms with Crippen LogP contribution in [-0.2, 0) is 14.6 Å². The summed E-state index contributed by atoms with van der Waals surface area (Å²) < 4.78 is 32.6. The number of nitrogens with zero attached hydrogens (tertiary/aromatic N) is 1. The first-order chi connectivity index (χ1) is 7.42. The standard InChI is InChI=1S/C8H17NO6S/c10-9(11)7-5-3-1-2-4-6-8-15-16(12,13)14/h1-8H2,(H,12,13,14). The Bertz CT molecular complexity index is 289. The van der Waals surface area contributed by atoms with E-state index in [1.165, 1.54) is 0 Å². The van der Waals surface area contributed by atoms with Gasteiger partial charge in [0.1, 0.15) is 0 Å². The third kappa shape index (κ3) is 13.3. The van der Waals surface area contributed by atoms with Crippen LogP contribution in [0.5, 0.6) is 0 Å². The minimum Gasteiger partial charge on any atom is -0.265 e. The van der Waals surface area contributed by atoms with Crippen molar-refractivity contribution >= 4 is 10.4 Å². The maximum absolute atomic E-state index is 10.1. The predicted molar refractivity (Wildman–Crippen MR) is 57.1 cm³/mol. The summed E-state index contributed by atoms with van der Waals surface area (Å²) in [6.07, 6.45) is 4.49. The largest absolute Gasteiger partial charge is 0.397 e. The molecule has 96 valence electrons. The lowest BCUT2D eigenvalue weighted by atomic mass is 10.1. The first-order valence-electron chi connectivity index (χ1n) is 5.15. The SMILES string of the molecule is O=[N+]([O-])CCCCCCCCOS(=O)(=O)O. The van der Waals surface area contributed by atoms with Gasteiger partial charge in [-0.1, -0.05) is 19.3 Å². The molecule has 16 heavy (non-hydrogen) atoms. The molecule has 0 aromatic carbocycles. The molecule has 0 aliphatic rings. The molecule has 0 saturated carbocycles. The van der Waals surface area contributed by atoms with Crippen LogP contribution in [0.4, 0.5) is 0 Å². The van der Waals surface area contributed by atoms with Crippen LogP contribution < -0.4 is 0 Å². The van der Waals surface area contributed by atoms with Gasteiger partial charge in [0.2, 0.25) is 6.54 Å². The van der Waals surface area contributed by atoms with Crippen molar-refractivity contribution in [3.05, 3.63) is 10.1 Å². The van der Waals surface area contributed by atoms with E-state index in [-0.39, 0.29) is 18.1 Å². The van der Waals surface area contributed by atoms with Gasteiger partial charge in [-0.15, -0.1) is 0 Å². The normalized spacial score (nSPS) is 11.6. The van der Waals surface area contributed by atoms with Crippen LogP contribution in [-0.4, -0.2) is 31.0 Å². The number of rotatable bonds is 10. The van der Waals surface area contributed by atoms with Gasteiger partial charge >= 0.3 is 10.4 Å². The van der Waals surface area contributed by atoms with Crippen LogP contribution in [0.25, 0.3) is 0 Å². The molecule has 0 aliphatic carbocycles. The summed E-state index contributed by atoms with van der Waals surface area (Å²) in [5.41, 5.74) is 0. The van der Waals surface area contributed by atoms with Crippen LogP contribution in [0.15, 0.2) is 0 Å². The molecule has 0 fully saturated rings. The van der Waals surface area contributed by atoms with Crippen molar-refractivity contribution in [1.82, 2.24) is 0 Å². The van der Waals surface area contributed by atoms with Gasteiger partial charge < -0.3 is 0 Å². The third-order valence-electron chi connectivity index (χ3n) is 1.97. The Labute approximate surface area is 94.9 Å². The highest BCUT2D eigenvalue weighted by molar-refractivity contribution is 7.80. The minimum absolute atomic E-state index is 0.00582. The summed E-state index contributed by atoms with van der Waals surface area (Å²) >= 11 is 0. The van der Waals surface area contributed by atoms with E-state index < -0.39 is 10.4 Å². The molecular weight excluding hydrogens is 238 g/mol. The van der Waals surface area contributed by atoms with Crippen LogP contribution in [0, 0.1) is 10.1 Å². The first-order valence-corrected chi connectivity index (χ1v) is 6.52. The van der Waals surface area contributed by atoms with Crippen LogP contribution in [0.1, 0.15) is 38.5 Å². The maximum Gasteiger partial charge on any atom is 0.397 e. The van der Waals surface area contributed by atoms with E-state index in [4.69, 9.17) is 4.55 Å². The van der Waals surface area contributed by atoms with Crippen molar-refractivity contribution in [3.63, 3.8) is 0 Å². The Morgan fingerprint density at radius 1 is 1.06 bits per heavy atom. The van der Waals surface area contributed by atoms with E-state index in [9.17, 15) is 18.5 Å². The fraction of sp³-hybridized carbons (Fsp3) is 1.00. The molecule has 0 amide bonds. The highest BCUT2D eigenvalue weighted by Gasteiger charge is 2.02. The molecule has 0 bridgehead atoms. The van der Waals surface area contributed by atoms with Gasteiger partial charge in [0.05, 0.1) is 6.61 Å². The Kier molecular flexibility index (Phi) is 8.04. The Balaban J connectivity index is 3.13. The molecule has 8 heteroatoms. The van der Waals surface area contributed by atoms with Crippen molar-refractivity contribution in [2.75, 3.05) is 13.2 Å². The Morgan fingerprint density at radius 3 is 2.06 bits per heavy atom. The molecule has 0 saturated heterocycles. The maximum atomic E-state index is 10.1. The summed E-state index contributed by atoms with van der Waals surface area (Å²) in [5, 5.41) is 9.98. The molecule has 0 aromatic rings. The summed E-state index contributed by atoms with van der Waals surface area (Å²) in [6.45, 7) is -0.0143. The van der Waals surface area contributed by atoms with Crippen LogP contribution in [0.2, 0.25) is 0 Å². The number of nitro groups is 1. The zero-order valence-corrected chi connectivity index (χ0v) is 9.82. The van der Waals surface area contributed by atoms with Crippen LogP contribution in [0.3, 0.4) is 0 Å². The summed E-state index contributed by atoms with van der Waals surface area (Å²) in [7, 11) is -4.31. The van der Waals surface area contributed by atoms with E-state index >= 15 is 0 Å². The molecule has 0 aromatic heterocycles. The van der Waals surface area contributed by atoms with Gasteiger partial charge in [0.25, 0.3) is 0 Å². The minimum atomic E-state index is -4.31. The third-order valence-corrected chi connectivity index (χ3v) is 2.43.